The molecule has 0 saturated carbocycles. The van der Waals surface area contributed by atoms with Crippen molar-refractivity contribution in [2.45, 2.75) is 125 Å². The van der Waals surface area contributed by atoms with Gasteiger partial charge in [0.05, 0.1) is 6.61 Å². The van der Waals surface area contributed by atoms with Gasteiger partial charge in [0.15, 0.2) is 5.82 Å². The van der Waals surface area contributed by atoms with Crippen LogP contribution in [0.2, 0.25) is 0 Å². The van der Waals surface area contributed by atoms with Crippen molar-refractivity contribution >= 4 is 34.9 Å². The number of esters is 1. The molecule has 0 fully saturated rings. The van der Waals surface area contributed by atoms with Gasteiger partial charge >= 0.3 is 18.2 Å². The number of carbonyl (C=O) groups is 3. The second-order valence-corrected chi connectivity index (χ2v) is 12.1. The lowest BCUT2D eigenvalue weighted by Crippen LogP contribution is -2.44. The fraction of sp³-hybridized carbons (Fsp3) is 0.690. The number of amides is 2. The van der Waals surface area contributed by atoms with Crippen LogP contribution in [0.5, 0.6) is 0 Å². The lowest BCUT2D eigenvalue weighted by Gasteiger charge is -2.29. The first-order chi connectivity index (χ1) is 18.2. The van der Waals surface area contributed by atoms with E-state index in [0.717, 1.165) is 72.2 Å². The number of aryl methyl sites for hydroxylation is 4. The lowest BCUT2D eigenvalue weighted by atomic mass is 9.91. The Bertz CT molecular complexity index is 1180. The van der Waals surface area contributed by atoms with Crippen molar-refractivity contribution in [3.8, 4) is 0 Å². The number of aromatic nitrogens is 3. The number of imide groups is 1. The molecule has 1 aliphatic carbocycles. The van der Waals surface area contributed by atoms with Crippen molar-refractivity contribution in [1.82, 2.24) is 14.8 Å². The third-order valence-corrected chi connectivity index (χ3v) is 6.16. The Hall–Kier alpha value is -3.17. The highest BCUT2D eigenvalue weighted by Gasteiger charge is 2.37. The summed E-state index contributed by atoms with van der Waals surface area (Å²) in [7, 11) is 0. The maximum absolute atomic E-state index is 13.5. The van der Waals surface area contributed by atoms with Gasteiger partial charge in [-0.05, 0) is 98.5 Å². The Kier molecular flexibility index (Phi) is 9.61. The van der Waals surface area contributed by atoms with Crippen LogP contribution in [0.3, 0.4) is 0 Å². The summed E-state index contributed by atoms with van der Waals surface area (Å²) in [5, 5.41) is 5.88. The zero-order valence-electron chi connectivity index (χ0n) is 24.8. The molecule has 10 nitrogen and oxygen atoms in total. The van der Waals surface area contributed by atoms with Crippen LogP contribution in [0, 0.1) is 0 Å². The normalized spacial score (nSPS) is 13.6. The van der Waals surface area contributed by atoms with E-state index in [2.05, 4.69) is 6.92 Å². The molecule has 39 heavy (non-hydrogen) atoms. The van der Waals surface area contributed by atoms with E-state index in [-0.39, 0.29) is 11.8 Å². The molecule has 2 aromatic rings. The van der Waals surface area contributed by atoms with Crippen LogP contribution in [0.15, 0.2) is 0 Å². The van der Waals surface area contributed by atoms with Gasteiger partial charge in [0, 0.05) is 30.2 Å². The number of anilines is 1. The average molecular weight is 545 g/mol. The molecule has 0 bridgehead atoms. The van der Waals surface area contributed by atoms with Crippen LogP contribution in [0.1, 0.15) is 104 Å². The molecule has 216 valence electrons. The van der Waals surface area contributed by atoms with Gasteiger partial charge in [-0.25, -0.2) is 14.6 Å². The van der Waals surface area contributed by atoms with E-state index >= 15 is 0 Å². The highest BCUT2D eigenvalue weighted by atomic mass is 16.6. The van der Waals surface area contributed by atoms with Crippen LogP contribution in [-0.4, -0.2) is 50.7 Å². The first-order valence-corrected chi connectivity index (χ1v) is 14.0. The van der Waals surface area contributed by atoms with E-state index < -0.39 is 23.4 Å². The number of unbranched alkanes of at least 4 members (excludes halogenated alkanes) is 1. The summed E-state index contributed by atoms with van der Waals surface area (Å²) in [6.45, 7) is 15.0. The van der Waals surface area contributed by atoms with Gasteiger partial charge in [-0.2, -0.15) is 10.00 Å². The number of nitrogens with zero attached hydrogens (tertiary/aromatic N) is 4. The predicted molar refractivity (Wildman–Crippen MR) is 149 cm³/mol. The Labute approximate surface area is 231 Å². The zero-order chi connectivity index (χ0) is 29.0. The molecule has 0 aliphatic heterocycles. The standard InChI is InChI=1S/C29H44N4O6/c1-9-17-32-22(16-12-13-18-37-19(2)34)23-20-14-10-11-15-21(20)30-25(24(23)31-32)33(26(35)38-28(3,4)5)27(36)39-29(6,7)8/h9-18H2,1-8H3. The quantitative estimate of drug-likeness (QED) is 0.217. The third kappa shape index (κ3) is 7.92. The largest absolute Gasteiger partial charge is 0.466 e. The van der Waals surface area contributed by atoms with Gasteiger partial charge in [0.25, 0.3) is 0 Å². The summed E-state index contributed by atoms with van der Waals surface area (Å²) < 4.78 is 18.4. The Morgan fingerprint density at radius 2 is 1.56 bits per heavy atom. The summed E-state index contributed by atoms with van der Waals surface area (Å²) in [5.74, 6) is -0.143. The Morgan fingerprint density at radius 1 is 0.949 bits per heavy atom. The lowest BCUT2D eigenvalue weighted by molar-refractivity contribution is -0.141. The molecule has 0 atom stereocenters. The molecule has 3 rings (SSSR count). The first-order valence-electron chi connectivity index (χ1n) is 14.0. The van der Waals surface area contributed by atoms with Gasteiger partial charge in [-0.15, -0.1) is 0 Å². The summed E-state index contributed by atoms with van der Waals surface area (Å²) in [6.07, 6.45) is 5.01. The van der Waals surface area contributed by atoms with Gasteiger partial charge in [-0.1, -0.05) is 6.92 Å². The molecular formula is C29H44N4O6. The Morgan fingerprint density at radius 3 is 2.13 bits per heavy atom. The molecule has 2 amide bonds. The number of carbonyl (C=O) groups excluding carboxylic acids is 3. The number of fused-ring (bicyclic) bond motifs is 3. The van der Waals surface area contributed by atoms with E-state index in [9.17, 15) is 14.4 Å². The van der Waals surface area contributed by atoms with E-state index in [0.29, 0.717) is 25.1 Å². The van der Waals surface area contributed by atoms with Crippen molar-refractivity contribution in [3.05, 3.63) is 17.0 Å². The molecular weight excluding hydrogens is 500 g/mol. The van der Waals surface area contributed by atoms with Crippen LogP contribution in [-0.2, 0) is 44.8 Å². The van der Waals surface area contributed by atoms with Crippen LogP contribution in [0.4, 0.5) is 15.4 Å². The van der Waals surface area contributed by atoms with Crippen molar-refractivity contribution in [2.75, 3.05) is 11.5 Å². The van der Waals surface area contributed by atoms with Gasteiger partial charge in [-0.3, -0.25) is 9.48 Å². The van der Waals surface area contributed by atoms with Crippen molar-refractivity contribution in [3.63, 3.8) is 0 Å². The molecule has 0 N–H and O–H groups in total. The second-order valence-electron chi connectivity index (χ2n) is 12.1. The van der Waals surface area contributed by atoms with Gasteiger partial charge < -0.3 is 14.2 Å². The minimum Gasteiger partial charge on any atom is -0.466 e. The van der Waals surface area contributed by atoms with Crippen molar-refractivity contribution < 1.29 is 28.6 Å². The van der Waals surface area contributed by atoms with Crippen LogP contribution < -0.4 is 4.90 Å². The van der Waals surface area contributed by atoms with E-state index in [4.69, 9.17) is 24.3 Å². The Balaban J connectivity index is 2.19. The topological polar surface area (TPSA) is 113 Å². The highest BCUT2D eigenvalue weighted by Crippen LogP contribution is 2.37. The monoisotopic (exact) mass is 544 g/mol. The van der Waals surface area contributed by atoms with Crippen molar-refractivity contribution in [2.24, 2.45) is 0 Å². The molecule has 0 radical (unpaired) electrons. The molecule has 1 aliphatic rings. The number of ether oxygens (including phenoxy) is 3. The molecule has 2 aromatic heterocycles. The molecule has 0 unspecified atom stereocenters. The first kappa shape index (κ1) is 30.4. The average Bonchev–Trinajstić information content (AvgIpc) is 3.15. The SMILES string of the molecule is CCCn1nc2c(N(C(=O)OC(C)(C)C)C(=O)OC(C)(C)C)nc3c(c2c1CCCCOC(C)=O)CCCC3. The summed E-state index contributed by atoms with van der Waals surface area (Å²) in [5.41, 5.74) is 1.88. The summed E-state index contributed by atoms with van der Waals surface area (Å²) in [4.78, 5) is 44.0. The smallest absolute Gasteiger partial charge is 0.425 e. The second kappa shape index (κ2) is 12.3. The fourth-order valence-electron chi connectivity index (χ4n) is 4.71. The van der Waals surface area contributed by atoms with E-state index in [1.165, 1.54) is 6.92 Å². The summed E-state index contributed by atoms with van der Waals surface area (Å²) >= 11 is 0. The van der Waals surface area contributed by atoms with E-state index in [1.54, 1.807) is 41.5 Å². The fourth-order valence-corrected chi connectivity index (χ4v) is 4.71. The predicted octanol–water partition coefficient (Wildman–Crippen LogP) is 6.28. The van der Waals surface area contributed by atoms with Gasteiger partial charge in [0.1, 0.15) is 16.7 Å². The van der Waals surface area contributed by atoms with Crippen LogP contribution >= 0.6 is 0 Å². The number of rotatable bonds is 8. The highest BCUT2D eigenvalue weighted by molar-refractivity contribution is 6.13. The molecule has 2 heterocycles. The molecule has 0 aromatic carbocycles. The number of hydrogen-bond acceptors (Lipinski definition) is 8. The molecule has 10 heteroatoms. The minimum atomic E-state index is -0.853. The summed E-state index contributed by atoms with van der Waals surface area (Å²) in [6, 6.07) is 0. The molecule has 0 spiro atoms. The maximum Gasteiger partial charge on any atom is 0.425 e. The number of hydrogen-bond donors (Lipinski definition) is 0. The maximum atomic E-state index is 13.5. The number of pyridine rings is 1. The minimum absolute atomic E-state index is 0.144. The zero-order valence-corrected chi connectivity index (χ0v) is 24.8. The van der Waals surface area contributed by atoms with E-state index in [1.807, 2.05) is 4.68 Å². The third-order valence-electron chi connectivity index (χ3n) is 6.16. The van der Waals surface area contributed by atoms with Crippen LogP contribution in [0.25, 0.3) is 10.9 Å². The molecule has 0 saturated heterocycles. The van der Waals surface area contributed by atoms with Gasteiger partial charge in [0.2, 0.25) is 0 Å². The van der Waals surface area contributed by atoms with Crippen molar-refractivity contribution in [1.29, 1.82) is 0 Å².